The number of hydrogen-bond donors (Lipinski definition) is 0. The molecule has 0 radical (unpaired) electrons. The minimum Gasteiger partial charge on any atom is -0.463 e. The zero-order chi connectivity index (χ0) is 22.8. The molecule has 0 bridgehead atoms. The SMILES string of the molecule is CCOC(=O)C1=C(C)N=c2s/c(=C/c3ccc([N+](=O)[O-])cc3)c(=O)n2[C@H]1c1ccccc1. The van der Waals surface area contributed by atoms with E-state index in [9.17, 15) is 19.7 Å². The molecular weight excluding hydrogens is 430 g/mol. The van der Waals surface area contributed by atoms with Crippen molar-refractivity contribution < 1.29 is 14.5 Å². The minimum absolute atomic E-state index is 0.0256. The van der Waals surface area contributed by atoms with Crippen molar-refractivity contribution in [2.24, 2.45) is 4.99 Å². The van der Waals surface area contributed by atoms with Crippen molar-refractivity contribution in [3.63, 3.8) is 0 Å². The van der Waals surface area contributed by atoms with Gasteiger partial charge in [-0.1, -0.05) is 41.7 Å². The number of nitrogens with zero attached hydrogens (tertiary/aromatic N) is 3. The van der Waals surface area contributed by atoms with Gasteiger partial charge >= 0.3 is 5.97 Å². The summed E-state index contributed by atoms with van der Waals surface area (Å²) in [6.07, 6.45) is 1.67. The van der Waals surface area contributed by atoms with Crippen LogP contribution in [0.1, 0.15) is 31.0 Å². The molecule has 1 aliphatic rings. The Balaban J connectivity index is 1.90. The molecule has 8 nitrogen and oxygen atoms in total. The summed E-state index contributed by atoms with van der Waals surface area (Å²) in [5.41, 5.74) is 1.93. The highest BCUT2D eigenvalue weighted by molar-refractivity contribution is 7.07. The summed E-state index contributed by atoms with van der Waals surface area (Å²) in [5, 5.41) is 10.9. The molecule has 0 amide bonds. The van der Waals surface area contributed by atoms with Gasteiger partial charge < -0.3 is 4.74 Å². The highest BCUT2D eigenvalue weighted by Crippen LogP contribution is 2.30. The number of carbonyl (C=O) groups is 1. The molecule has 1 atom stereocenters. The summed E-state index contributed by atoms with van der Waals surface area (Å²) < 4.78 is 7.18. The summed E-state index contributed by atoms with van der Waals surface area (Å²) in [4.78, 5) is 41.6. The third kappa shape index (κ3) is 3.90. The molecule has 0 saturated heterocycles. The van der Waals surface area contributed by atoms with E-state index in [1.165, 1.54) is 28.0 Å². The molecule has 0 aliphatic carbocycles. The van der Waals surface area contributed by atoms with Gasteiger partial charge in [-0.3, -0.25) is 19.5 Å². The van der Waals surface area contributed by atoms with Gasteiger partial charge in [-0.05, 0) is 43.2 Å². The van der Waals surface area contributed by atoms with Crippen LogP contribution in [-0.2, 0) is 9.53 Å². The summed E-state index contributed by atoms with van der Waals surface area (Å²) in [6, 6.07) is 14.6. The first-order valence-electron chi connectivity index (χ1n) is 9.89. The van der Waals surface area contributed by atoms with E-state index in [4.69, 9.17) is 4.74 Å². The standard InChI is InChI=1S/C23H19N3O5S/c1-3-31-22(28)19-14(2)24-23-25(20(19)16-7-5-4-6-8-16)21(27)18(32-23)13-15-9-11-17(12-10-15)26(29)30/h4-13,20H,3H2,1-2H3/b18-13+/t20-/m0/s1. The zero-order valence-corrected chi connectivity index (χ0v) is 18.2. The van der Waals surface area contributed by atoms with Crippen LogP contribution in [0, 0.1) is 10.1 Å². The van der Waals surface area contributed by atoms with E-state index in [1.807, 2.05) is 30.3 Å². The van der Waals surface area contributed by atoms with Crippen molar-refractivity contribution in [3.05, 3.63) is 107 Å². The van der Waals surface area contributed by atoms with Crippen molar-refractivity contribution in [2.45, 2.75) is 19.9 Å². The maximum absolute atomic E-state index is 13.4. The van der Waals surface area contributed by atoms with E-state index >= 15 is 0 Å². The van der Waals surface area contributed by atoms with E-state index in [2.05, 4.69) is 4.99 Å². The molecule has 1 aliphatic heterocycles. The van der Waals surface area contributed by atoms with Crippen molar-refractivity contribution in [1.82, 2.24) is 4.57 Å². The Hall–Kier alpha value is -3.85. The third-order valence-electron chi connectivity index (χ3n) is 5.03. The largest absolute Gasteiger partial charge is 0.463 e. The number of nitro groups is 1. The van der Waals surface area contributed by atoms with E-state index < -0.39 is 16.9 Å². The van der Waals surface area contributed by atoms with Crippen LogP contribution in [0.2, 0.25) is 0 Å². The second kappa shape index (κ2) is 8.72. The van der Waals surface area contributed by atoms with Gasteiger partial charge in [-0.15, -0.1) is 0 Å². The number of carbonyl (C=O) groups excluding carboxylic acids is 1. The normalized spacial score (nSPS) is 15.8. The number of fused-ring (bicyclic) bond motifs is 1. The van der Waals surface area contributed by atoms with Crippen molar-refractivity contribution in [3.8, 4) is 0 Å². The fourth-order valence-electron chi connectivity index (χ4n) is 3.59. The van der Waals surface area contributed by atoms with Gasteiger partial charge in [-0.25, -0.2) is 9.79 Å². The van der Waals surface area contributed by atoms with Crippen LogP contribution in [0.25, 0.3) is 6.08 Å². The average molecular weight is 449 g/mol. The minimum atomic E-state index is -0.662. The first-order valence-corrected chi connectivity index (χ1v) is 10.7. The highest BCUT2D eigenvalue weighted by Gasteiger charge is 2.33. The summed E-state index contributed by atoms with van der Waals surface area (Å²) >= 11 is 1.20. The van der Waals surface area contributed by atoms with Gasteiger partial charge in [0.15, 0.2) is 4.80 Å². The summed E-state index contributed by atoms with van der Waals surface area (Å²) in [5.74, 6) is -0.507. The Morgan fingerprint density at radius 1 is 1.22 bits per heavy atom. The van der Waals surface area contributed by atoms with E-state index in [0.29, 0.717) is 26.2 Å². The molecule has 2 aromatic carbocycles. The number of rotatable bonds is 5. The van der Waals surface area contributed by atoms with Gasteiger partial charge in [0.2, 0.25) is 0 Å². The van der Waals surface area contributed by atoms with Crippen molar-refractivity contribution in [1.29, 1.82) is 0 Å². The molecule has 1 aromatic heterocycles. The van der Waals surface area contributed by atoms with Crippen LogP contribution in [0.5, 0.6) is 0 Å². The molecule has 4 rings (SSSR count). The molecular formula is C23H19N3O5S. The van der Waals surface area contributed by atoms with Crippen LogP contribution in [0.15, 0.2) is 75.7 Å². The lowest BCUT2D eigenvalue weighted by Gasteiger charge is -2.24. The molecule has 0 unspecified atom stereocenters. The lowest BCUT2D eigenvalue weighted by molar-refractivity contribution is -0.384. The molecule has 0 N–H and O–H groups in total. The maximum atomic E-state index is 13.4. The highest BCUT2D eigenvalue weighted by atomic mass is 32.1. The molecule has 162 valence electrons. The lowest BCUT2D eigenvalue weighted by Crippen LogP contribution is -2.39. The number of benzene rings is 2. The molecule has 3 aromatic rings. The molecule has 2 heterocycles. The van der Waals surface area contributed by atoms with Crippen LogP contribution >= 0.6 is 11.3 Å². The van der Waals surface area contributed by atoms with Gasteiger partial charge in [0.05, 0.1) is 33.4 Å². The Bertz CT molecular complexity index is 1400. The smallest absolute Gasteiger partial charge is 0.338 e. The number of non-ortho nitro benzene ring substituents is 1. The molecule has 9 heteroatoms. The Morgan fingerprint density at radius 2 is 1.91 bits per heavy atom. The molecule has 0 saturated carbocycles. The second-order valence-electron chi connectivity index (χ2n) is 7.06. The van der Waals surface area contributed by atoms with Crippen LogP contribution in [0.4, 0.5) is 5.69 Å². The van der Waals surface area contributed by atoms with Crippen molar-refractivity contribution in [2.75, 3.05) is 6.61 Å². The fourth-order valence-corrected chi connectivity index (χ4v) is 4.63. The van der Waals surface area contributed by atoms with Gasteiger partial charge in [0, 0.05) is 12.1 Å². The number of esters is 1. The number of nitro benzene ring substituents is 1. The van der Waals surface area contributed by atoms with E-state index in [-0.39, 0.29) is 17.9 Å². The van der Waals surface area contributed by atoms with Crippen LogP contribution < -0.4 is 14.9 Å². The first-order chi connectivity index (χ1) is 15.4. The Kier molecular flexibility index (Phi) is 5.83. The fraction of sp³-hybridized carbons (Fsp3) is 0.174. The number of ether oxygens (including phenoxy) is 1. The summed E-state index contributed by atoms with van der Waals surface area (Å²) in [6.45, 7) is 3.67. The number of aromatic nitrogens is 1. The predicted octanol–water partition coefficient (Wildman–Crippen LogP) is 2.71. The van der Waals surface area contributed by atoms with Crippen molar-refractivity contribution >= 4 is 29.1 Å². The second-order valence-corrected chi connectivity index (χ2v) is 8.07. The van der Waals surface area contributed by atoms with Gasteiger partial charge in [0.1, 0.15) is 0 Å². The quantitative estimate of drug-likeness (QED) is 0.338. The predicted molar refractivity (Wildman–Crippen MR) is 120 cm³/mol. The molecule has 32 heavy (non-hydrogen) atoms. The zero-order valence-electron chi connectivity index (χ0n) is 17.3. The first kappa shape index (κ1) is 21.4. The number of allylic oxidation sites excluding steroid dienone is 1. The van der Waals surface area contributed by atoms with E-state index in [1.54, 1.807) is 32.1 Å². The van der Waals surface area contributed by atoms with Crippen LogP contribution in [-0.4, -0.2) is 22.1 Å². The van der Waals surface area contributed by atoms with Crippen LogP contribution in [0.3, 0.4) is 0 Å². The number of thiazole rings is 1. The number of hydrogen-bond acceptors (Lipinski definition) is 7. The molecule has 0 fully saturated rings. The van der Waals surface area contributed by atoms with Gasteiger partial charge in [0.25, 0.3) is 11.2 Å². The Labute approximate surface area is 186 Å². The lowest BCUT2D eigenvalue weighted by atomic mass is 9.96. The maximum Gasteiger partial charge on any atom is 0.338 e. The van der Waals surface area contributed by atoms with Gasteiger partial charge in [-0.2, -0.15) is 0 Å². The Morgan fingerprint density at radius 3 is 2.53 bits per heavy atom. The summed E-state index contributed by atoms with van der Waals surface area (Å²) in [7, 11) is 0. The third-order valence-corrected chi connectivity index (χ3v) is 6.02. The average Bonchev–Trinajstić information content (AvgIpc) is 3.08. The molecule has 0 spiro atoms. The van der Waals surface area contributed by atoms with E-state index in [0.717, 1.165) is 5.56 Å². The monoisotopic (exact) mass is 449 g/mol. The topological polar surface area (TPSA) is 104 Å².